The van der Waals surface area contributed by atoms with Gasteiger partial charge in [-0.3, -0.25) is 0 Å². The van der Waals surface area contributed by atoms with Crippen molar-refractivity contribution in [1.29, 1.82) is 0 Å². The standard InChI is InChI=1S/C9H21N3O/c1-5-12(6-2)8(13)11-9(3,4)7-10/h5-7,10H2,1-4H3,(H,11,13). The van der Waals surface area contributed by atoms with E-state index in [0.717, 1.165) is 13.1 Å². The Hall–Kier alpha value is -0.770. The molecule has 0 bridgehead atoms. The number of rotatable bonds is 4. The molecule has 0 aromatic heterocycles. The van der Waals surface area contributed by atoms with Crippen molar-refractivity contribution in [1.82, 2.24) is 10.2 Å². The van der Waals surface area contributed by atoms with Crippen LogP contribution in [-0.2, 0) is 0 Å². The maximum absolute atomic E-state index is 11.5. The third-order valence-electron chi connectivity index (χ3n) is 2.01. The van der Waals surface area contributed by atoms with Crippen molar-refractivity contribution in [2.45, 2.75) is 33.2 Å². The zero-order valence-corrected chi connectivity index (χ0v) is 9.05. The number of carbonyl (C=O) groups is 1. The highest BCUT2D eigenvalue weighted by Crippen LogP contribution is 2.00. The van der Waals surface area contributed by atoms with E-state index in [1.54, 1.807) is 4.90 Å². The Balaban J connectivity index is 4.13. The van der Waals surface area contributed by atoms with E-state index < -0.39 is 0 Å². The van der Waals surface area contributed by atoms with Gasteiger partial charge in [0.25, 0.3) is 0 Å². The average Bonchev–Trinajstić information content (AvgIpc) is 2.06. The molecule has 0 aliphatic rings. The Morgan fingerprint density at radius 2 is 1.85 bits per heavy atom. The van der Waals surface area contributed by atoms with E-state index in [9.17, 15) is 4.79 Å². The molecule has 0 heterocycles. The fourth-order valence-electron chi connectivity index (χ4n) is 0.930. The largest absolute Gasteiger partial charge is 0.332 e. The van der Waals surface area contributed by atoms with Crippen LogP contribution in [0, 0.1) is 0 Å². The van der Waals surface area contributed by atoms with Crippen molar-refractivity contribution in [2.75, 3.05) is 19.6 Å². The summed E-state index contributed by atoms with van der Waals surface area (Å²) in [6.45, 7) is 9.63. The van der Waals surface area contributed by atoms with Gasteiger partial charge in [0.05, 0.1) is 0 Å². The monoisotopic (exact) mass is 187 g/mol. The van der Waals surface area contributed by atoms with Crippen molar-refractivity contribution in [3.63, 3.8) is 0 Å². The van der Waals surface area contributed by atoms with Crippen LogP contribution in [0.5, 0.6) is 0 Å². The molecule has 0 rings (SSSR count). The molecule has 0 saturated heterocycles. The van der Waals surface area contributed by atoms with Crippen molar-refractivity contribution in [3.8, 4) is 0 Å². The van der Waals surface area contributed by atoms with Crippen LogP contribution < -0.4 is 11.1 Å². The lowest BCUT2D eigenvalue weighted by molar-refractivity contribution is 0.192. The molecule has 0 radical (unpaired) electrons. The highest BCUT2D eigenvalue weighted by Gasteiger charge is 2.20. The van der Waals surface area contributed by atoms with Crippen LogP contribution in [0.2, 0.25) is 0 Å². The maximum atomic E-state index is 11.5. The van der Waals surface area contributed by atoms with Gasteiger partial charge in [0.15, 0.2) is 0 Å². The Bertz CT molecular complexity index is 164. The Morgan fingerprint density at radius 1 is 1.38 bits per heavy atom. The zero-order valence-electron chi connectivity index (χ0n) is 9.05. The number of nitrogens with one attached hydrogen (secondary N) is 1. The first-order chi connectivity index (χ1) is 5.96. The van der Waals surface area contributed by atoms with Crippen molar-refractivity contribution in [2.24, 2.45) is 5.73 Å². The molecule has 0 saturated carbocycles. The van der Waals surface area contributed by atoms with Crippen LogP contribution in [-0.4, -0.2) is 36.1 Å². The summed E-state index contributed by atoms with van der Waals surface area (Å²) < 4.78 is 0. The topological polar surface area (TPSA) is 58.4 Å². The van der Waals surface area contributed by atoms with E-state index in [0.29, 0.717) is 6.54 Å². The van der Waals surface area contributed by atoms with Gasteiger partial charge in [0, 0.05) is 25.2 Å². The molecule has 0 unspecified atom stereocenters. The summed E-state index contributed by atoms with van der Waals surface area (Å²) >= 11 is 0. The Labute approximate surface area is 80.5 Å². The van der Waals surface area contributed by atoms with Crippen LogP contribution in [0.15, 0.2) is 0 Å². The first kappa shape index (κ1) is 12.2. The molecule has 0 aliphatic carbocycles. The first-order valence-electron chi connectivity index (χ1n) is 4.74. The SMILES string of the molecule is CCN(CC)C(=O)NC(C)(C)CN. The minimum Gasteiger partial charge on any atom is -0.332 e. The highest BCUT2D eigenvalue weighted by atomic mass is 16.2. The predicted molar refractivity (Wildman–Crippen MR) is 54.6 cm³/mol. The van der Waals surface area contributed by atoms with Crippen molar-refractivity contribution < 1.29 is 4.79 Å². The second kappa shape index (κ2) is 5.07. The zero-order chi connectivity index (χ0) is 10.5. The summed E-state index contributed by atoms with van der Waals surface area (Å²) in [6.07, 6.45) is 0. The van der Waals surface area contributed by atoms with Crippen LogP contribution in [0.4, 0.5) is 4.79 Å². The molecule has 2 amide bonds. The van der Waals surface area contributed by atoms with Crippen LogP contribution in [0.3, 0.4) is 0 Å². The van der Waals surface area contributed by atoms with E-state index >= 15 is 0 Å². The third kappa shape index (κ3) is 4.12. The summed E-state index contributed by atoms with van der Waals surface area (Å²) in [4.78, 5) is 13.3. The quantitative estimate of drug-likeness (QED) is 0.683. The van der Waals surface area contributed by atoms with E-state index in [2.05, 4.69) is 5.32 Å². The fraction of sp³-hybridized carbons (Fsp3) is 0.889. The van der Waals surface area contributed by atoms with Gasteiger partial charge in [0.1, 0.15) is 0 Å². The van der Waals surface area contributed by atoms with Gasteiger partial charge in [-0.05, 0) is 27.7 Å². The number of hydrogen-bond donors (Lipinski definition) is 2. The lowest BCUT2D eigenvalue weighted by Crippen LogP contribution is -2.53. The van der Waals surface area contributed by atoms with Crippen molar-refractivity contribution in [3.05, 3.63) is 0 Å². The van der Waals surface area contributed by atoms with Gasteiger partial charge < -0.3 is 16.0 Å². The maximum Gasteiger partial charge on any atom is 0.317 e. The minimum atomic E-state index is -0.320. The average molecular weight is 187 g/mol. The molecule has 4 heteroatoms. The van der Waals surface area contributed by atoms with Crippen LogP contribution in [0.25, 0.3) is 0 Å². The molecule has 0 spiro atoms. The molecular weight excluding hydrogens is 166 g/mol. The number of amides is 2. The number of carbonyl (C=O) groups excluding carboxylic acids is 1. The summed E-state index contributed by atoms with van der Waals surface area (Å²) in [5.74, 6) is 0. The summed E-state index contributed by atoms with van der Waals surface area (Å²) in [5.41, 5.74) is 5.18. The van der Waals surface area contributed by atoms with Crippen LogP contribution >= 0.6 is 0 Å². The lowest BCUT2D eigenvalue weighted by Gasteiger charge is -2.28. The molecular formula is C9H21N3O. The second-order valence-electron chi connectivity index (χ2n) is 3.69. The molecule has 0 fully saturated rings. The second-order valence-corrected chi connectivity index (χ2v) is 3.69. The molecule has 78 valence electrons. The first-order valence-corrected chi connectivity index (χ1v) is 4.74. The number of nitrogens with zero attached hydrogens (tertiary/aromatic N) is 1. The molecule has 0 atom stereocenters. The number of nitrogens with two attached hydrogens (primary N) is 1. The lowest BCUT2D eigenvalue weighted by atomic mass is 10.1. The van der Waals surface area contributed by atoms with Gasteiger partial charge in [-0.25, -0.2) is 4.79 Å². The predicted octanol–water partition coefficient (Wildman–Crippen LogP) is 0.775. The molecule has 3 N–H and O–H groups in total. The third-order valence-corrected chi connectivity index (χ3v) is 2.01. The summed E-state index contributed by atoms with van der Waals surface area (Å²) in [7, 11) is 0. The van der Waals surface area contributed by atoms with Gasteiger partial charge >= 0.3 is 6.03 Å². The molecule has 4 nitrogen and oxygen atoms in total. The van der Waals surface area contributed by atoms with E-state index in [1.165, 1.54) is 0 Å². The van der Waals surface area contributed by atoms with Crippen molar-refractivity contribution >= 4 is 6.03 Å². The Morgan fingerprint density at radius 3 is 2.15 bits per heavy atom. The molecule has 0 aromatic rings. The van der Waals surface area contributed by atoms with E-state index in [1.807, 2.05) is 27.7 Å². The number of hydrogen-bond acceptors (Lipinski definition) is 2. The summed E-state index contributed by atoms with van der Waals surface area (Å²) in [5, 5.41) is 2.87. The van der Waals surface area contributed by atoms with Gasteiger partial charge in [0.2, 0.25) is 0 Å². The Kier molecular flexibility index (Phi) is 4.77. The van der Waals surface area contributed by atoms with Gasteiger partial charge in [-0.15, -0.1) is 0 Å². The van der Waals surface area contributed by atoms with Crippen LogP contribution in [0.1, 0.15) is 27.7 Å². The van der Waals surface area contributed by atoms with E-state index in [-0.39, 0.29) is 11.6 Å². The summed E-state index contributed by atoms with van der Waals surface area (Å²) in [6, 6.07) is -0.0412. The minimum absolute atomic E-state index is 0.0412. The normalized spacial score (nSPS) is 11.2. The molecule has 0 aromatic carbocycles. The highest BCUT2D eigenvalue weighted by molar-refractivity contribution is 5.74. The van der Waals surface area contributed by atoms with Gasteiger partial charge in [-0.2, -0.15) is 0 Å². The molecule has 0 aliphatic heterocycles. The van der Waals surface area contributed by atoms with E-state index in [4.69, 9.17) is 5.73 Å². The number of urea groups is 1. The molecule has 13 heavy (non-hydrogen) atoms. The fourth-order valence-corrected chi connectivity index (χ4v) is 0.930. The smallest absolute Gasteiger partial charge is 0.317 e. The van der Waals surface area contributed by atoms with Gasteiger partial charge in [-0.1, -0.05) is 0 Å².